The van der Waals surface area contributed by atoms with E-state index in [4.69, 9.17) is 5.73 Å². The van der Waals surface area contributed by atoms with Crippen molar-refractivity contribution >= 4 is 35.1 Å². The number of nitrogen functional groups attached to an aromatic ring is 1. The van der Waals surface area contributed by atoms with Crippen molar-refractivity contribution in [1.82, 2.24) is 9.80 Å². The Labute approximate surface area is 120 Å². The standard InChI is InChI=1S/C13H14N4O4/c1-7-3-4-9(8(14)5-7)15-10(18)6-17-12(20)11(19)16(2)13(17)21/h3-5H,6,14H2,1-2H3,(H,15,18). The van der Waals surface area contributed by atoms with Crippen LogP contribution in [0.2, 0.25) is 0 Å². The first-order chi connectivity index (χ1) is 9.81. The maximum atomic E-state index is 11.9. The summed E-state index contributed by atoms with van der Waals surface area (Å²) in [6.07, 6.45) is 0. The lowest BCUT2D eigenvalue weighted by molar-refractivity contribution is -0.143. The first-order valence-corrected chi connectivity index (χ1v) is 6.10. The van der Waals surface area contributed by atoms with Gasteiger partial charge in [0.2, 0.25) is 5.91 Å². The normalized spacial score (nSPS) is 14.9. The molecule has 1 saturated heterocycles. The molecular weight excluding hydrogens is 276 g/mol. The van der Waals surface area contributed by atoms with E-state index in [0.717, 1.165) is 5.56 Å². The van der Waals surface area contributed by atoms with Gasteiger partial charge in [-0.25, -0.2) is 9.69 Å². The number of benzene rings is 1. The van der Waals surface area contributed by atoms with Gasteiger partial charge < -0.3 is 11.1 Å². The third-order valence-electron chi connectivity index (χ3n) is 3.03. The first-order valence-electron chi connectivity index (χ1n) is 6.10. The van der Waals surface area contributed by atoms with Gasteiger partial charge in [-0.05, 0) is 24.6 Å². The lowest BCUT2D eigenvalue weighted by atomic mass is 10.2. The van der Waals surface area contributed by atoms with E-state index in [-0.39, 0.29) is 0 Å². The summed E-state index contributed by atoms with van der Waals surface area (Å²) in [5, 5.41) is 2.50. The molecule has 0 saturated carbocycles. The highest BCUT2D eigenvalue weighted by atomic mass is 16.2. The molecule has 5 amide bonds. The van der Waals surface area contributed by atoms with Crippen LogP contribution in [-0.2, 0) is 14.4 Å². The summed E-state index contributed by atoms with van der Waals surface area (Å²) in [5.74, 6) is -2.59. The SMILES string of the molecule is Cc1ccc(NC(=O)CN2C(=O)C(=O)N(C)C2=O)c(N)c1. The monoisotopic (exact) mass is 290 g/mol. The van der Waals surface area contributed by atoms with Crippen LogP contribution in [-0.4, -0.2) is 47.1 Å². The van der Waals surface area contributed by atoms with Crippen LogP contribution < -0.4 is 11.1 Å². The fourth-order valence-electron chi connectivity index (χ4n) is 1.88. The second-order valence-corrected chi connectivity index (χ2v) is 4.68. The molecular formula is C13H14N4O4. The molecule has 0 aromatic heterocycles. The molecule has 1 aromatic rings. The van der Waals surface area contributed by atoms with Gasteiger partial charge in [-0.1, -0.05) is 6.07 Å². The summed E-state index contributed by atoms with van der Waals surface area (Å²) in [5.41, 5.74) is 7.43. The summed E-state index contributed by atoms with van der Waals surface area (Å²) < 4.78 is 0. The molecule has 0 bridgehead atoms. The van der Waals surface area contributed by atoms with Crippen molar-refractivity contribution in [2.24, 2.45) is 0 Å². The van der Waals surface area contributed by atoms with Crippen LogP contribution in [0.1, 0.15) is 5.56 Å². The number of imide groups is 2. The largest absolute Gasteiger partial charge is 0.397 e. The molecule has 1 fully saturated rings. The van der Waals surface area contributed by atoms with Crippen molar-refractivity contribution in [3.05, 3.63) is 23.8 Å². The van der Waals surface area contributed by atoms with Gasteiger partial charge in [-0.3, -0.25) is 19.3 Å². The summed E-state index contributed by atoms with van der Waals surface area (Å²) >= 11 is 0. The molecule has 1 heterocycles. The Hall–Kier alpha value is -2.90. The molecule has 1 aliphatic rings. The van der Waals surface area contributed by atoms with E-state index < -0.39 is 30.3 Å². The number of urea groups is 1. The summed E-state index contributed by atoms with van der Waals surface area (Å²) in [7, 11) is 1.18. The van der Waals surface area contributed by atoms with Gasteiger partial charge in [0.25, 0.3) is 0 Å². The Morgan fingerprint density at radius 1 is 1.24 bits per heavy atom. The molecule has 1 aliphatic heterocycles. The van der Waals surface area contributed by atoms with Crippen LogP contribution in [0.15, 0.2) is 18.2 Å². The molecule has 110 valence electrons. The van der Waals surface area contributed by atoms with Crippen LogP contribution in [0.3, 0.4) is 0 Å². The van der Waals surface area contributed by atoms with E-state index in [1.54, 1.807) is 18.2 Å². The van der Waals surface area contributed by atoms with Crippen molar-refractivity contribution in [3.63, 3.8) is 0 Å². The third-order valence-corrected chi connectivity index (χ3v) is 3.03. The number of nitrogens with two attached hydrogens (primary N) is 1. The predicted molar refractivity (Wildman–Crippen MR) is 74.1 cm³/mol. The summed E-state index contributed by atoms with van der Waals surface area (Å²) in [6.45, 7) is 1.31. The zero-order valence-corrected chi connectivity index (χ0v) is 11.5. The van der Waals surface area contributed by atoms with Crippen molar-refractivity contribution in [2.75, 3.05) is 24.6 Å². The lowest BCUT2D eigenvalue weighted by Gasteiger charge is -2.13. The highest BCUT2D eigenvalue weighted by Gasteiger charge is 2.42. The van der Waals surface area contributed by atoms with Gasteiger partial charge in [0.05, 0.1) is 11.4 Å². The Morgan fingerprint density at radius 3 is 2.43 bits per heavy atom. The second kappa shape index (κ2) is 5.23. The van der Waals surface area contributed by atoms with Gasteiger partial charge in [-0.15, -0.1) is 0 Å². The van der Waals surface area contributed by atoms with E-state index in [9.17, 15) is 19.2 Å². The fraction of sp³-hybridized carbons (Fsp3) is 0.231. The van der Waals surface area contributed by atoms with Gasteiger partial charge in [0.1, 0.15) is 6.54 Å². The number of likely N-dealkylation sites (N-methyl/N-ethyl adjacent to an activating group) is 1. The van der Waals surface area contributed by atoms with Crippen LogP contribution in [0, 0.1) is 6.92 Å². The quantitative estimate of drug-likeness (QED) is 0.460. The zero-order valence-electron chi connectivity index (χ0n) is 11.5. The zero-order chi connectivity index (χ0) is 15.7. The van der Waals surface area contributed by atoms with E-state index >= 15 is 0 Å². The summed E-state index contributed by atoms with van der Waals surface area (Å²) in [6, 6.07) is 4.24. The minimum Gasteiger partial charge on any atom is -0.397 e. The number of aryl methyl sites for hydroxylation is 1. The Balaban J connectivity index is 2.07. The fourth-order valence-corrected chi connectivity index (χ4v) is 1.88. The number of amides is 5. The van der Waals surface area contributed by atoms with Crippen LogP contribution in [0.4, 0.5) is 16.2 Å². The number of carbonyl (C=O) groups excluding carboxylic acids is 4. The minimum atomic E-state index is -1.02. The molecule has 3 N–H and O–H groups in total. The van der Waals surface area contributed by atoms with Gasteiger partial charge >= 0.3 is 17.8 Å². The number of hydrogen-bond acceptors (Lipinski definition) is 5. The number of nitrogens with one attached hydrogen (secondary N) is 1. The molecule has 0 aliphatic carbocycles. The molecule has 21 heavy (non-hydrogen) atoms. The molecule has 1 aromatic carbocycles. The third kappa shape index (κ3) is 2.69. The van der Waals surface area contributed by atoms with Gasteiger partial charge in [0.15, 0.2) is 0 Å². The molecule has 0 unspecified atom stereocenters. The van der Waals surface area contributed by atoms with E-state index in [0.29, 0.717) is 21.2 Å². The molecule has 2 rings (SSSR count). The van der Waals surface area contributed by atoms with Crippen LogP contribution in [0.5, 0.6) is 0 Å². The van der Waals surface area contributed by atoms with E-state index in [1.165, 1.54) is 7.05 Å². The second-order valence-electron chi connectivity index (χ2n) is 4.68. The van der Waals surface area contributed by atoms with E-state index in [1.807, 2.05) is 6.92 Å². The molecule has 8 nitrogen and oxygen atoms in total. The lowest BCUT2D eigenvalue weighted by Crippen LogP contribution is -2.38. The topological polar surface area (TPSA) is 113 Å². The Morgan fingerprint density at radius 2 is 1.90 bits per heavy atom. The number of nitrogens with zero attached hydrogens (tertiary/aromatic N) is 2. The van der Waals surface area contributed by atoms with E-state index in [2.05, 4.69) is 5.32 Å². The Bertz CT molecular complexity index is 656. The maximum Gasteiger partial charge on any atom is 0.334 e. The van der Waals surface area contributed by atoms with Gasteiger partial charge in [0, 0.05) is 7.05 Å². The molecule has 0 radical (unpaired) electrons. The summed E-state index contributed by atoms with van der Waals surface area (Å²) in [4.78, 5) is 47.6. The van der Waals surface area contributed by atoms with Crippen molar-refractivity contribution < 1.29 is 19.2 Å². The minimum absolute atomic E-state index is 0.371. The van der Waals surface area contributed by atoms with Crippen LogP contribution >= 0.6 is 0 Å². The maximum absolute atomic E-state index is 11.9. The predicted octanol–water partition coefficient (Wildman–Crippen LogP) is -0.0637. The van der Waals surface area contributed by atoms with Crippen molar-refractivity contribution in [1.29, 1.82) is 0 Å². The highest BCUT2D eigenvalue weighted by Crippen LogP contribution is 2.19. The average molecular weight is 290 g/mol. The number of carbonyl (C=O) groups is 4. The molecule has 8 heteroatoms. The average Bonchev–Trinajstić information content (AvgIpc) is 2.60. The highest BCUT2D eigenvalue weighted by molar-refractivity contribution is 6.44. The van der Waals surface area contributed by atoms with Crippen molar-refractivity contribution in [2.45, 2.75) is 6.92 Å². The van der Waals surface area contributed by atoms with Gasteiger partial charge in [-0.2, -0.15) is 0 Å². The molecule has 0 spiro atoms. The Kier molecular flexibility index (Phi) is 3.62. The molecule has 0 atom stereocenters. The number of hydrogen-bond donors (Lipinski definition) is 2. The number of anilines is 2. The van der Waals surface area contributed by atoms with Crippen LogP contribution in [0.25, 0.3) is 0 Å². The number of rotatable bonds is 3. The smallest absolute Gasteiger partial charge is 0.334 e. The van der Waals surface area contributed by atoms with Crippen molar-refractivity contribution in [3.8, 4) is 0 Å². The first kappa shape index (κ1) is 14.5.